The number of rotatable bonds is 6. The van der Waals surface area contributed by atoms with E-state index < -0.39 is 0 Å². The summed E-state index contributed by atoms with van der Waals surface area (Å²) < 4.78 is 10.9. The number of Topliss-reactive ketones (excluding diaryl/α,β-unsaturated/α-hetero) is 1. The number of ketones is 1. The van der Waals surface area contributed by atoms with Crippen molar-refractivity contribution in [3.8, 4) is 5.75 Å². The highest BCUT2D eigenvalue weighted by molar-refractivity contribution is 6.34. The normalized spacial score (nSPS) is 12.2. The first-order valence-electron chi connectivity index (χ1n) is 5.59. The summed E-state index contributed by atoms with van der Waals surface area (Å²) in [6.07, 6.45) is -0.0470. The third-order valence-electron chi connectivity index (χ3n) is 2.21. The van der Waals surface area contributed by atoms with Gasteiger partial charge in [-0.1, -0.05) is 11.6 Å². The number of carbonyl (C=O) groups is 1. The van der Waals surface area contributed by atoms with Crippen LogP contribution in [0.3, 0.4) is 0 Å². The second-order valence-corrected chi connectivity index (χ2v) is 4.19. The lowest BCUT2D eigenvalue weighted by Crippen LogP contribution is -2.19. The van der Waals surface area contributed by atoms with Crippen LogP contribution in [-0.4, -0.2) is 25.1 Å². The lowest BCUT2D eigenvalue weighted by Gasteiger charge is -2.15. The molecule has 0 aliphatic rings. The third kappa shape index (κ3) is 4.36. The van der Waals surface area contributed by atoms with Gasteiger partial charge in [-0.05, 0) is 39.0 Å². The Morgan fingerprint density at radius 3 is 2.71 bits per heavy atom. The minimum Gasteiger partial charge on any atom is -0.488 e. The molecular weight excluding hydrogens is 240 g/mol. The van der Waals surface area contributed by atoms with Gasteiger partial charge in [-0.3, -0.25) is 4.79 Å². The van der Waals surface area contributed by atoms with E-state index in [2.05, 4.69) is 0 Å². The van der Waals surface area contributed by atoms with Gasteiger partial charge in [-0.15, -0.1) is 0 Å². The Labute approximate surface area is 107 Å². The zero-order valence-electron chi connectivity index (χ0n) is 10.3. The summed E-state index contributed by atoms with van der Waals surface area (Å²) in [7, 11) is 0. The number of ether oxygens (including phenoxy) is 2. The quantitative estimate of drug-likeness (QED) is 0.733. The SMILES string of the molecule is CCOCC(C)Oc1ccc(C(C)=O)c(Cl)c1. The Morgan fingerprint density at radius 2 is 2.18 bits per heavy atom. The van der Waals surface area contributed by atoms with Gasteiger partial charge in [0, 0.05) is 12.2 Å². The number of benzene rings is 1. The molecule has 0 N–H and O–H groups in total. The van der Waals surface area contributed by atoms with Crippen molar-refractivity contribution >= 4 is 17.4 Å². The lowest BCUT2D eigenvalue weighted by molar-refractivity contribution is 0.0657. The summed E-state index contributed by atoms with van der Waals surface area (Å²) in [5.74, 6) is 0.594. The molecule has 0 aromatic heterocycles. The second-order valence-electron chi connectivity index (χ2n) is 3.79. The molecule has 1 rings (SSSR count). The maximum atomic E-state index is 11.2. The van der Waals surface area contributed by atoms with E-state index in [1.165, 1.54) is 6.92 Å². The van der Waals surface area contributed by atoms with Crippen LogP contribution in [0.4, 0.5) is 0 Å². The molecule has 94 valence electrons. The molecule has 17 heavy (non-hydrogen) atoms. The van der Waals surface area contributed by atoms with E-state index in [4.69, 9.17) is 21.1 Å². The number of carbonyl (C=O) groups excluding carboxylic acids is 1. The van der Waals surface area contributed by atoms with E-state index in [9.17, 15) is 4.79 Å². The summed E-state index contributed by atoms with van der Waals surface area (Å²) in [6, 6.07) is 5.07. The molecule has 0 spiro atoms. The van der Waals surface area contributed by atoms with Crippen LogP contribution in [0, 0.1) is 0 Å². The minimum atomic E-state index is -0.0519. The first-order valence-corrected chi connectivity index (χ1v) is 5.97. The number of hydrogen-bond donors (Lipinski definition) is 0. The smallest absolute Gasteiger partial charge is 0.161 e. The molecule has 0 heterocycles. The summed E-state index contributed by atoms with van der Waals surface area (Å²) in [5, 5.41) is 0.415. The molecule has 0 bridgehead atoms. The fourth-order valence-corrected chi connectivity index (χ4v) is 1.71. The second kappa shape index (κ2) is 6.62. The molecule has 0 radical (unpaired) electrons. The Balaban J connectivity index is 2.67. The largest absolute Gasteiger partial charge is 0.488 e. The molecule has 0 aliphatic heterocycles. The van der Waals surface area contributed by atoms with Gasteiger partial charge < -0.3 is 9.47 Å². The monoisotopic (exact) mass is 256 g/mol. The van der Waals surface area contributed by atoms with E-state index in [-0.39, 0.29) is 11.9 Å². The van der Waals surface area contributed by atoms with Crippen molar-refractivity contribution in [2.24, 2.45) is 0 Å². The molecule has 0 saturated heterocycles. The van der Waals surface area contributed by atoms with E-state index in [0.717, 1.165) is 0 Å². The third-order valence-corrected chi connectivity index (χ3v) is 2.53. The minimum absolute atomic E-state index is 0.0470. The Bertz CT molecular complexity index is 390. The molecule has 1 aromatic carbocycles. The van der Waals surface area contributed by atoms with Crippen LogP contribution in [0.2, 0.25) is 5.02 Å². The summed E-state index contributed by atoms with van der Waals surface area (Å²) in [4.78, 5) is 11.2. The first kappa shape index (κ1) is 14.0. The fourth-order valence-electron chi connectivity index (χ4n) is 1.40. The van der Waals surface area contributed by atoms with Gasteiger partial charge in [-0.2, -0.15) is 0 Å². The molecular formula is C13H17ClO3. The van der Waals surface area contributed by atoms with Crippen molar-refractivity contribution in [2.75, 3.05) is 13.2 Å². The van der Waals surface area contributed by atoms with Gasteiger partial charge >= 0.3 is 0 Å². The zero-order valence-corrected chi connectivity index (χ0v) is 11.1. The van der Waals surface area contributed by atoms with Crippen LogP contribution in [0.5, 0.6) is 5.75 Å². The highest BCUT2D eigenvalue weighted by atomic mass is 35.5. The van der Waals surface area contributed by atoms with Gasteiger partial charge in [0.15, 0.2) is 5.78 Å². The lowest BCUT2D eigenvalue weighted by atomic mass is 10.1. The van der Waals surface area contributed by atoms with E-state index in [0.29, 0.717) is 29.5 Å². The molecule has 1 unspecified atom stereocenters. The summed E-state index contributed by atoms with van der Waals surface area (Å²) in [5.41, 5.74) is 0.511. The molecule has 3 nitrogen and oxygen atoms in total. The Morgan fingerprint density at radius 1 is 1.47 bits per heavy atom. The topological polar surface area (TPSA) is 35.5 Å². The Kier molecular flexibility index (Phi) is 5.45. The Hall–Kier alpha value is -1.06. The van der Waals surface area contributed by atoms with Gasteiger partial charge in [0.25, 0.3) is 0 Å². The highest BCUT2D eigenvalue weighted by Gasteiger charge is 2.09. The summed E-state index contributed by atoms with van der Waals surface area (Å²) in [6.45, 7) is 6.54. The zero-order chi connectivity index (χ0) is 12.8. The molecule has 0 aliphatic carbocycles. The van der Waals surface area contributed by atoms with E-state index in [1.807, 2.05) is 13.8 Å². The molecule has 0 fully saturated rings. The molecule has 0 saturated carbocycles. The van der Waals surface area contributed by atoms with Crippen LogP contribution in [-0.2, 0) is 4.74 Å². The van der Waals surface area contributed by atoms with Gasteiger partial charge in [0.2, 0.25) is 0 Å². The summed E-state index contributed by atoms with van der Waals surface area (Å²) >= 11 is 5.98. The van der Waals surface area contributed by atoms with Crippen LogP contribution in [0.25, 0.3) is 0 Å². The first-order chi connectivity index (χ1) is 8.04. The molecule has 0 amide bonds. The predicted molar refractivity (Wildman–Crippen MR) is 68.0 cm³/mol. The molecule has 4 heteroatoms. The van der Waals surface area contributed by atoms with Gasteiger partial charge in [0.05, 0.1) is 11.6 Å². The van der Waals surface area contributed by atoms with Gasteiger partial charge in [0.1, 0.15) is 11.9 Å². The van der Waals surface area contributed by atoms with Crippen LogP contribution in [0.15, 0.2) is 18.2 Å². The van der Waals surface area contributed by atoms with Crippen LogP contribution < -0.4 is 4.74 Å². The van der Waals surface area contributed by atoms with E-state index in [1.54, 1.807) is 18.2 Å². The molecule has 1 aromatic rings. The predicted octanol–water partition coefficient (Wildman–Crippen LogP) is 3.35. The van der Waals surface area contributed by atoms with Crippen molar-refractivity contribution in [1.82, 2.24) is 0 Å². The van der Waals surface area contributed by atoms with Crippen molar-refractivity contribution in [1.29, 1.82) is 0 Å². The van der Waals surface area contributed by atoms with Crippen LogP contribution >= 0.6 is 11.6 Å². The average molecular weight is 257 g/mol. The average Bonchev–Trinajstić information content (AvgIpc) is 2.26. The van der Waals surface area contributed by atoms with Crippen LogP contribution in [0.1, 0.15) is 31.1 Å². The maximum Gasteiger partial charge on any atom is 0.161 e. The van der Waals surface area contributed by atoms with Crippen molar-refractivity contribution < 1.29 is 14.3 Å². The fraction of sp³-hybridized carbons (Fsp3) is 0.462. The number of halogens is 1. The standard InChI is InChI=1S/C13H17ClO3/c1-4-16-8-9(2)17-11-5-6-12(10(3)15)13(14)7-11/h5-7,9H,4,8H2,1-3H3. The van der Waals surface area contributed by atoms with Crippen molar-refractivity contribution in [3.63, 3.8) is 0 Å². The highest BCUT2D eigenvalue weighted by Crippen LogP contribution is 2.23. The van der Waals surface area contributed by atoms with Crippen molar-refractivity contribution in [3.05, 3.63) is 28.8 Å². The van der Waals surface area contributed by atoms with Crippen molar-refractivity contribution in [2.45, 2.75) is 26.9 Å². The molecule has 1 atom stereocenters. The number of hydrogen-bond acceptors (Lipinski definition) is 3. The maximum absolute atomic E-state index is 11.2. The van der Waals surface area contributed by atoms with Gasteiger partial charge in [-0.25, -0.2) is 0 Å². The van der Waals surface area contributed by atoms with E-state index >= 15 is 0 Å².